The lowest BCUT2D eigenvalue weighted by Crippen LogP contribution is -2.17. The highest BCUT2D eigenvalue weighted by Crippen LogP contribution is 2.14. The third-order valence-corrected chi connectivity index (χ3v) is 1.89. The van der Waals surface area contributed by atoms with Crippen LogP contribution in [0.25, 0.3) is 0 Å². The number of anilines is 2. The highest BCUT2D eigenvalue weighted by atomic mass is 15.3. The average Bonchev–Trinajstić information content (AvgIpc) is 2.17. The number of nitrogens with one attached hydrogen (secondary N) is 1. The number of nitrogens with zero attached hydrogens (tertiary/aromatic N) is 4. The minimum absolute atomic E-state index is 0.309. The van der Waals surface area contributed by atoms with Gasteiger partial charge in [-0.05, 0) is 6.92 Å². The molecule has 0 atom stereocenters. The van der Waals surface area contributed by atoms with Crippen molar-refractivity contribution in [3.8, 4) is 0 Å². The molecular formula is C10H19N5. The molecule has 1 rings (SSSR count). The minimum atomic E-state index is 0.309. The normalized spacial score (nSPS) is 10.5. The van der Waals surface area contributed by atoms with E-state index in [1.54, 1.807) is 0 Å². The maximum Gasteiger partial charge on any atom is 0.229 e. The first kappa shape index (κ1) is 11.7. The summed E-state index contributed by atoms with van der Waals surface area (Å²) in [7, 11) is 3.85. The van der Waals surface area contributed by atoms with Gasteiger partial charge in [0.2, 0.25) is 11.9 Å². The van der Waals surface area contributed by atoms with Gasteiger partial charge in [0.25, 0.3) is 0 Å². The zero-order valence-corrected chi connectivity index (χ0v) is 10.1. The summed E-state index contributed by atoms with van der Waals surface area (Å²) in [4.78, 5) is 14.9. The van der Waals surface area contributed by atoms with Crippen LogP contribution in [0.2, 0.25) is 0 Å². The van der Waals surface area contributed by atoms with E-state index in [9.17, 15) is 0 Å². The molecule has 0 fully saturated rings. The van der Waals surface area contributed by atoms with E-state index in [4.69, 9.17) is 0 Å². The summed E-state index contributed by atoms with van der Waals surface area (Å²) in [5, 5.41) is 3.11. The Morgan fingerprint density at radius 1 is 1.20 bits per heavy atom. The highest BCUT2D eigenvalue weighted by Gasteiger charge is 2.09. The Hall–Kier alpha value is -1.39. The molecular weight excluding hydrogens is 190 g/mol. The van der Waals surface area contributed by atoms with Crippen LogP contribution in [0.1, 0.15) is 32.5 Å². The molecule has 1 aromatic heterocycles. The van der Waals surface area contributed by atoms with Crippen molar-refractivity contribution in [2.45, 2.75) is 26.7 Å². The Morgan fingerprint density at radius 3 is 2.33 bits per heavy atom. The van der Waals surface area contributed by atoms with Gasteiger partial charge < -0.3 is 10.2 Å². The maximum atomic E-state index is 4.38. The van der Waals surface area contributed by atoms with Gasteiger partial charge in [-0.2, -0.15) is 15.0 Å². The van der Waals surface area contributed by atoms with Crippen LogP contribution in [-0.2, 0) is 0 Å². The van der Waals surface area contributed by atoms with Crippen molar-refractivity contribution in [2.24, 2.45) is 0 Å². The number of rotatable bonds is 4. The molecule has 5 heteroatoms. The van der Waals surface area contributed by atoms with E-state index in [0.717, 1.165) is 12.4 Å². The zero-order chi connectivity index (χ0) is 11.4. The van der Waals surface area contributed by atoms with Crippen molar-refractivity contribution >= 4 is 11.9 Å². The maximum absolute atomic E-state index is 4.38. The Balaban J connectivity index is 3.08. The first-order valence-corrected chi connectivity index (χ1v) is 5.21. The molecule has 0 radical (unpaired) electrons. The van der Waals surface area contributed by atoms with Crippen LogP contribution >= 0.6 is 0 Å². The predicted octanol–water partition coefficient (Wildman–Crippen LogP) is 1.49. The molecule has 84 valence electrons. The zero-order valence-electron chi connectivity index (χ0n) is 10.1. The molecule has 0 bridgehead atoms. The van der Waals surface area contributed by atoms with Crippen LogP contribution in [-0.4, -0.2) is 35.6 Å². The quantitative estimate of drug-likeness (QED) is 0.814. The van der Waals surface area contributed by atoms with Crippen LogP contribution in [0.5, 0.6) is 0 Å². The third-order valence-electron chi connectivity index (χ3n) is 1.89. The van der Waals surface area contributed by atoms with Crippen LogP contribution in [0.15, 0.2) is 0 Å². The van der Waals surface area contributed by atoms with E-state index in [1.807, 2.05) is 25.9 Å². The van der Waals surface area contributed by atoms with Crippen molar-refractivity contribution in [2.75, 3.05) is 30.9 Å². The molecule has 0 spiro atoms. The molecule has 0 saturated carbocycles. The molecule has 0 aromatic carbocycles. The molecule has 0 amide bonds. The first-order chi connectivity index (χ1) is 7.04. The van der Waals surface area contributed by atoms with E-state index in [1.165, 1.54) is 0 Å². The van der Waals surface area contributed by atoms with Gasteiger partial charge in [0, 0.05) is 26.6 Å². The van der Waals surface area contributed by atoms with Crippen LogP contribution in [0.4, 0.5) is 11.9 Å². The average molecular weight is 209 g/mol. The van der Waals surface area contributed by atoms with Gasteiger partial charge in [-0.3, -0.25) is 0 Å². The standard InChI is InChI=1S/C10H19N5/c1-6-11-9-12-8(7(2)3)13-10(14-9)15(4)5/h7H,6H2,1-5H3,(H,11,12,13,14). The van der Waals surface area contributed by atoms with Gasteiger partial charge in [0.1, 0.15) is 5.82 Å². The third kappa shape index (κ3) is 3.04. The van der Waals surface area contributed by atoms with E-state index >= 15 is 0 Å². The van der Waals surface area contributed by atoms with Crippen molar-refractivity contribution in [1.29, 1.82) is 0 Å². The van der Waals surface area contributed by atoms with Crippen LogP contribution in [0, 0.1) is 0 Å². The SMILES string of the molecule is CCNc1nc(C(C)C)nc(N(C)C)n1. The summed E-state index contributed by atoms with van der Waals surface area (Å²) in [6.45, 7) is 6.98. The summed E-state index contributed by atoms with van der Waals surface area (Å²) >= 11 is 0. The smallest absolute Gasteiger partial charge is 0.229 e. The van der Waals surface area contributed by atoms with E-state index in [-0.39, 0.29) is 0 Å². The van der Waals surface area contributed by atoms with Crippen molar-refractivity contribution in [3.63, 3.8) is 0 Å². The fourth-order valence-corrected chi connectivity index (χ4v) is 1.08. The molecule has 1 heterocycles. The van der Waals surface area contributed by atoms with Gasteiger partial charge in [-0.1, -0.05) is 13.8 Å². The van der Waals surface area contributed by atoms with Crippen molar-refractivity contribution < 1.29 is 0 Å². The van der Waals surface area contributed by atoms with E-state index < -0.39 is 0 Å². The molecule has 0 aliphatic rings. The molecule has 0 saturated heterocycles. The minimum Gasteiger partial charge on any atom is -0.354 e. The first-order valence-electron chi connectivity index (χ1n) is 5.21. The van der Waals surface area contributed by atoms with Crippen LogP contribution < -0.4 is 10.2 Å². The molecule has 15 heavy (non-hydrogen) atoms. The molecule has 0 aliphatic heterocycles. The summed E-state index contributed by atoms with van der Waals surface area (Å²) < 4.78 is 0. The second-order valence-electron chi connectivity index (χ2n) is 3.90. The van der Waals surface area contributed by atoms with Gasteiger partial charge in [-0.15, -0.1) is 0 Å². The Kier molecular flexibility index (Phi) is 3.82. The number of hydrogen-bond acceptors (Lipinski definition) is 5. The topological polar surface area (TPSA) is 53.9 Å². The lowest BCUT2D eigenvalue weighted by Gasteiger charge is -2.14. The summed E-state index contributed by atoms with van der Waals surface area (Å²) in [6, 6.07) is 0. The van der Waals surface area contributed by atoms with Gasteiger partial charge in [0.15, 0.2) is 0 Å². The molecule has 0 aliphatic carbocycles. The predicted molar refractivity (Wildman–Crippen MR) is 62.4 cm³/mol. The number of hydrogen-bond donors (Lipinski definition) is 1. The van der Waals surface area contributed by atoms with E-state index in [0.29, 0.717) is 17.8 Å². The van der Waals surface area contributed by atoms with E-state index in [2.05, 4.69) is 34.1 Å². The summed E-state index contributed by atoms with van der Waals surface area (Å²) in [5.74, 6) is 2.48. The molecule has 1 N–H and O–H groups in total. The summed E-state index contributed by atoms with van der Waals surface area (Å²) in [6.07, 6.45) is 0. The molecule has 0 unspecified atom stereocenters. The number of aromatic nitrogens is 3. The fourth-order valence-electron chi connectivity index (χ4n) is 1.08. The van der Waals surface area contributed by atoms with Crippen molar-refractivity contribution in [3.05, 3.63) is 5.82 Å². The Labute approximate surface area is 91.0 Å². The second kappa shape index (κ2) is 4.91. The second-order valence-corrected chi connectivity index (χ2v) is 3.90. The molecule has 1 aromatic rings. The van der Waals surface area contributed by atoms with Crippen LogP contribution in [0.3, 0.4) is 0 Å². The van der Waals surface area contributed by atoms with Gasteiger partial charge >= 0.3 is 0 Å². The Morgan fingerprint density at radius 2 is 1.87 bits per heavy atom. The lowest BCUT2D eigenvalue weighted by atomic mass is 10.2. The highest BCUT2D eigenvalue weighted by molar-refractivity contribution is 5.35. The monoisotopic (exact) mass is 209 g/mol. The fraction of sp³-hybridized carbons (Fsp3) is 0.700. The summed E-state index contributed by atoms with van der Waals surface area (Å²) in [5.41, 5.74) is 0. The van der Waals surface area contributed by atoms with Gasteiger partial charge in [0.05, 0.1) is 0 Å². The van der Waals surface area contributed by atoms with Gasteiger partial charge in [-0.25, -0.2) is 0 Å². The van der Waals surface area contributed by atoms with Crippen molar-refractivity contribution in [1.82, 2.24) is 15.0 Å². The lowest BCUT2D eigenvalue weighted by molar-refractivity contribution is 0.755. The molecule has 5 nitrogen and oxygen atoms in total. The largest absolute Gasteiger partial charge is 0.354 e. The Bertz CT molecular complexity index is 295.